The Kier molecular flexibility index (Phi) is 5.47. The molecule has 27 heavy (non-hydrogen) atoms. The average Bonchev–Trinajstić information content (AvgIpc) is 2.69. The number of amides is 1. The van der Waals surface area contributed by atoms with Crippen molar-refractivity contribution in [3.8, 4) is 5.75 Å². The number of aromatic nitrogens is 1. The number of Topliss-reactive ketones (excluding diaryl/α,β-unsaturated/α-hetero) is 1. The topological polar surface area (TPSA) is 80.3 Å². The molecule has 0 radical (unpaired) electrons. The number of hydrogen-bond donors (Lipinski definition) is 2. The first-order valence-electron chi connectivity index (χ1n) is 8.34. The number of anilines is 3. The van der Waals surface area contributed by atoms with Gasteiger partial charge < -0.3 is 15.4 Å². The first-order valence-corrected chi connectivity index (χ1v) is 8.34. The van der Waals surface area contributed by atoms with Crippen LogP contribution in [0.3, 0.4) is 0 Å². The molecule has 136 valence electrons. The number of carbonyl (C=O) groups excluding carboxylic acids is 2. The molecule has 6 heteroatoms. The summed E-state index contributed by atoms with van der Waals surface area (Å²) in [4.78, 5) is 27.8. The molecule has 3 rings (SSSR count). The van der Waals surface area contributed by atoms with Gasteiger partial charge in [-0.3, -0.25) is 9.59 Å². The van der Waals surface area contributed by atoms with Crippen molar-refractivity contribution in [1.82, 2.24) is 4.98 Å². The molecule has 0 aliphatic rings. The van der Waals surface area contributed by atoms with Crippen LogP contribution in [0.4, 0.5) is 17.1 Å². The van der Waals surface area contributed by atoms with E-state index in [4.69, 9.17) is 4.74 Å². The molecule has 0 aliphatic carbocycles. The Morgan fingerprint density at radius 1 is 0.926 bits per heavy atom. The van der Waals surface area contributed by atoms with Crippen molar-refractivity contribution < 1.29 is 14.3 Å². The third-order valence-corrected chi connectivity index (χ3v) is 3.90. The van der Waals surface area contributed by atoms with Crippen LogP contribution in [0.15, 0.2) is 66.9 Å². The van der Waals surface area contributed by atoms with E-state index in [0.29, 0.717) is 22.7 Å². The number of ether oxygens (including phenoxy) is 1. The number of ketones is 1. The third-order valence-electron chi connectivity index (χ3n) is 3.90. The van der Waals surface area contributed by atoms with Crippen LogP contribution in [0.2, 0.25) is 0 Å². The van der Waals surface area contributed by atoms with Gasteiger partial charge in [0.1, 0.15) is 11.4 Å². The fourth-order valence-electron chi connectivity index (χ4n) is 2.45. The first kappa shape index (κ1) is 18.1. The van der Waals surface area contributed by atoms with Gasteiger partial charge in [0.2, 0.25) is 0 Å². The number of rotatable bonds is 6. The zero-order valence-electron chi connectivity index (χ0n) is 15.0. The number of pyridine rings is 1. The summed E-state index contributed by atoms with van der Waals surface area (Å²) < 4.78 is 5.14. The maximum absolute atomic E-state index is 12.3. The molecule has 0 aliphatic heterocycles. The minimum atomic E-state index is -0.305. The van der Waals surface area contributed by atoms with Crippen molar-refractivity contribution in [2.24, 2.45) is 0 Å². The van der Waals surface area contributed by atoms with Gasteiger partial charge in [-0.1, -0.05) is 6.07 Å². The second kappa shape index (κ2) is 8.14. The lowest BCUT2D eigenvalue weighted by molar-refractivity contribution is 0.101. The molecular formula is C21H19N3O3. The van der Waals surface area contributed by atoms with E-state index in [9.17, 15) is 9.59 Å². The molecule has 2 aromatic carbocycles. The van der Waals surface area contributed by atoms with Crippen molar-refractivity contribution in [1.29, 1.82) is 0 Å². The molecule has 1 heterocycles. The molecule has 0 unspecified atom stereocenters. The zero-order chi connectivity index (χ0) is 19.2. The van der Waals surface area contributed by atoms with Crippen LogP contribution >= 0.6 is 0 Å². The average molecular weight is 361 g/mol. The monoisotopic (exact) mass is 361 g/mol. The fourth-order valence-corrected chi connectivity index (χ4v) is 2.45. The summed E-state index contributed by atoms with van der Waals surface area (Å²) in [5.74, 6) is 0.381. The Balaban J connectivity index is 1.65. The molecule has 1 aromatic heterocycles. The largest absolute Gasteiger partial charge is 0.497 e. The molecule has 0 saturated carbocycles. The summed E-state index contributed by atoms with van der Waals surface area (Å²) in [5.41, 5.74) is 3.16. The third kappa shape index (κ3) is 4.70. The van der Waals surface area contributed by atoms with Gasteiger partial charge in [-0.2, -0.15) is 0 Å². The van der Waals surface area contributed by atoms with Crippen molar-refractivity contribution in [3.63, 3.8) is 0 Å². The smallest absolute Gasteiger partial charge is 0.274 e. The summed E-state index contributed by atoms with van der Waals surface area (Å²) in [7, 11) is 1.57. The van der Waals surface area contributed by atoms with E-state index in [1.165, 1.54) is 6.92 Å². The van der Waals surface area contributed by atoms with Crippen molar-refractivity contribution in [3.05, 3.63) is 78.1 Å². The van der Waals surface area contributed by atoms with Gasteiger partial charge in [0.25, 0.3) is 5.91 Å². The maximum Gasteiger partial charge on any atom is 0.274 e. The van der Waals surface area contributed by atoms with E-state index < -0.39 is 0 Å². The van der Waals surface area contributed by atoms with Gasteiger partial charge in [-0.25, -0.2) is 4.98 Å². The van der Waals surface area contributed by atoms with E-state index in [1.807, 2.05) is 12.1 Å². The van der Waals surface area contributed by atoms with E-state index in [-0.39, 0.29) is 11.7 Å². The summed E-state index contributed by atoms with van der Waals surface area (Å²) >= 11 is 0. The summed E-state index contributed by atoms with van der Waals surface area (Å²) in [6, 6.07) is 17.7. The van der Waals surface area contributed by atoms with Crippen molar-refractivity contribution in [2.45, 2.75) is 6.92 Å². The maximum atomic E-state index is 12.3. The number of methoxy groups -OCH3 is 1. The van der Waals surface area contributed by atoms with Crippen LogP contribution in [0.1, 0.15) is 27.8 Å². The Hall–Kier alpha value is -3.67. The quantitative estimate of drug-likeness (QED) is 0.640. The normalized spacial score (nSPS) is 10.1. The lowest BCUT2D eigenvalue weighted by atomic mass is 10.1. The zero-order valence-corrected chi connectivity index (χ0v) is 15.0. The summed E-state index contributed by atoms with van der Waals surface area (Å²) in [5, 5.41) is 5.96. The highest BCUT2D eigenvalue weighted by atomic mass is 16.5. The lowest BCUT2D eigenvalue weighted by Crippen LogP contribution is -2.13. The molecule has 2 N–H and O–H groups in total. The number of nitrogens with one attached hydrogen (secondary N) is 2. The van der Waals surface area contributed by atoms with Crippen LogP contribution in [-0.4, -0.2) is 23.8 Å². The van der Waals surface area contributed by atoms with Gasteiger partial charge in [0, 0.05) is 23.0 Å². The Morgan fingerprint density at radius 2 is 1.67 bits per heavy atom. The number of carbonyl (C=O) groups is 2. The second-order valence-corrected chi connectivity index (χ2v) is 5.88. The van der Waals surface area contributed by atoms with E-state index >= 15 is 0 Å². The molecule has 0 bridgehead atoms. The molecule has 6 nitrogen and oxygen atoms in total. The second-order valence-electron chi connectivity index (χ2n) is 5.88. The van der Waals surface area contributed by atoms with Crippen LogP contribution in [0, 0.1) is 0 Å². The number of hydrogen-bond acceptors (Lipinski definition) is 5. The van der Waals surface area contributed by atoms with Gasteiger partial charge in [-0.05, 0) is 55.5 Å². The lowest BCUT2D eigenvalue weighted by Gasteiger charge is -2.09. The molecule has 0 atom stereocenters. The van der Waals surface area contributed by atoms with E-state index in [0.717, 1.165) is 11.4 Å². The fraction of sp³-hybridized carbons (Fsp3) is 0.0952. The number of benzene rings is 2. The Labute approximate surface area is 157 Å². The van der Waals surface area contributed by atoms with Crippen molar-refractivity contribution >= 4 is 28.8 Å². The Bertz CT molecular complexity index is 951. The molecule has 1 amide bonds. The van der Waals surface area contributed by atoms with Crippen LogP contribution in [0.25, 0.3) is 0 Å². The van der Waals surface area contributed by atoms with Crippen LogP contribution in [0.5, 0.6) is 5.75 Å². The SMILES string of the molecule is COc1cccc(NC(=O)c2ccc(Nc3ccc(C(C)=O)cc3)cn2)c1. The van der Waals surface area contributed by atoms with Gasteiger partial charge in [0.05, 0.1) is 19.0 Å². The van der Waals surface area contributed by atoms with E-state index in [2.05, 4.69) is 15.6 Å². The summed E-state index contributed by atoms with van der Waals surface area (Å²) in [6.07, 6.45) is 1.58. The van der Waals surface area contributed by atoms with Gasteiger partial charge in [0.15, 0.2) is 5.78 Å². The first-order chi connectivity index (χ1) is 13.0. The van der Waals surface area contributed by atoms with Crippen LogP contribution in [-0.2, 0) is 0 Å². The molecular weight excluding hydrogens is 342 g/mol. The van der Waals surface area contributed by atoms with Crippen LogP contribution < -0.4 is 15.4 Å². The highest BCUT2D eigenvalue weighted by Crippen LogP contribution is 2.19. The van der Waals surface area contributed by atoms with Gasteiger partial charge >= 0.3 is 0 Å². The Morgan fingerprint density at radius 3 is 2.30 bits per heavy atom. The predicted molar refractivity (Wildman–Crippen MR) is 105 cm³/mol. The van der Waals surface area contributed by atoms with Gasteiger partial charge in [-0.15, -0.1) is 0 Å². The molecule has 0 spiro atoms. The molecule has 0 saturated heterocycles. The van der Waals surface area contributed by atoms with Crippen molar-refractivity contribution in [2.75, 3.05) is 17.7 Å². The molecule has 3 aromatic rings. The standard InChI is InChI=1S/C21H19N3O3/c1-14(25)15-6-8-16(9-7-15)23-18-10-11-20(22-13-18)21(26)24-17-4-3-5-19(12-17)27-2/h3-13,23H,1-2H3,(H,24,26). The minimum absolute atomic E-state index is 0.0228. The molecule has 0 fully saturated rings. The highest BCUT2D eigenvalue weighted by Gasteiger charge is 2.08. The minimum Gasteiger partial charge on any atom is -0.497 e. The predicted octanol–water partition coefficient (Wildman–Crippen LogP) is 4.29. The van der Waals surface area contributed by atoms with E-state index in [1.54, 1.807) is 61.8 Å². The summed E-state index contributed by atoms with van der Waals surface area (Å²) in [6.45, 7) is 1.53. The number of nitrogens with zero attached hydrogens (tertiary/aromatic N) is 1. The highest BCUT2D eigenvalue weighted by molar-refractivity contribution is 6.03.